The van der Waals surface area contributed by atoms with Gasteiger partial charge in [-0.1, -0.05) is 13.8 Å². The summed E-state index contributed by atoms with van der Waals surface area (Å²) in [7, 11) is -4.25. The number of ether oxygens (including phenoxy) is 2. The van der Waals surface area contributed by atoms with Crippen molar-refractivity contribution in [3.63, 3.8) is 0 Å². The maximum absolute atomic E-state index is 12.8. The monoisotopic (exact) mass is 479 g/mol. The Morgan fingerprint density at radius 3 is 2.25 bits per heavy atom. The summed E-state index contributed by atoms with van der Waals surface area (Å²) in [5.41, 5.74) is 0.270. The van der Waals surface area contributed by atoms with E-state index in [0.717, 1.165) is 10.5 Å². The number of thioether (sulfide) groups is 1. The van der Waals surface area contributed by atoms with Crippen LogP contribution in [0.15, 0.2) is 46.2 Å². The molecule has 0 radical (unpaired) electrons. The van der Waals surface area contributed by atoms with Gasteiger partial charge in [-0.3, -0.25) is 4.79 Å². The van der Waals surface area contributed by atoms with Crippen molar-refractivity contribution in [2.45, 2.75) is 56.9 Å². The topological polar surface area (TPSA) is 98.8 Å². The van der Waals surface area contributed by atoms with Gasteiger partial charge >= 0.3 is 6.09 Å². The molecule has 2 aromatic rings. The van der Waals surface area contributed by atoms with Crippen molar-refractivity contribution in [1.29, 1.82) is 0 Å². The van der Waals surface area contributed by atoms with Gasteiger partial charge in [0.2, 0.25) is 0 Å². The van der Waals surface area contributed by atoms with E-state index in [0.29, 0.717) is 5.75 Å². The Morgan fingerprint density at radius 2 is 1.72 bits per heavy atom. The highest BCUT2D eigenvalue weighted by atomic mass is 32.2. The fourth-order valence-corrected chi connectivity index (χ4v) is 4.26. The summed E-state index contributed by atoms with van der Waals surface area (Å²) < 4.78 is 38.2. The van der Waals surface area contributed by atoms with Gasteiger partial charge in [-0.15, -0.1) is 11.8 Å². The molecule has 0 saturated heterocycles. The van der Waals surface area contributed by atoms with Crippen molar-refractivity contribution in [2.24, 2.45) is 5.92 Å². The smallest absolute Gasteiger partial charge is 0.421 e. The molecule has 0 atom stereocenters. The molecule has 0 fully saturated rings. The molecule has 1 amide bonds. The Morgan fingerprint density at radius 1 is 1.06 bits per heavy atom. The predicted molar refractivity (Wildman–Crippen MR) is 125 cm³/mol. The first kappa shape index (κ1) is 25.7. The van der Waals surface area contributed by atoms with Crippen LogP contribution in [0, 0.1) is 12.8 Å². The average molecular weight is 480 g/mol. The van der Waals surface area contributed by atoms with Crippen molar-refractivity contribution in [3.8, 4) is 11.5 Å². The van der Waals surface area contributed by atoms with Gasteiger partial charge in [0.25, 0.3) is 10.0 Å². The number of amides is 1. The molecule has 2 aromatic carbocycles. The zero-order valence-corrected chi connectivity index (χ0v) is 20.9. The van der Waals surface area contributed by atoms with Gasteiger partial charge in [-0.25, -0.2) is 17.9 Å². The van der Waals surface area contributed by atoms with E-state index in [1.165, 1.54) is 18.2 Å². The number of sulfonamides is 1. The Hall–Kier alpha value is -2.52. The number of rotatable bonds is 7. The molecule has 0 saturated carbocycles. The molecule has 1 N–H and O–H groups in total. The summed E-state index contributed by atoms with van der Waals surface area (Å²) in [5.74, 6) is 0.0818. The fourth-order valence-electron chi connectivity index (χ4n) is 2.78. The number of nitrogens with one attached hydrogen (secondary N) is 1. The van der Waals surface area contributed by atoms with Gasteiger partial charge in [0.05, 0.1) is 10.5 Å². The van der Waals surface area contributed by atoms with Gasteiger partial charge in [0.15, 0.2) is 5.78 Å². The first-order chi connectivity index (χ1) is 14.7. The fraction of sp³-hybridized carbons (Fsp3) is 0.391. The minimum atomic E-state index is -4.25. The molecular weight excluding hydrogens is 450 g/mol. The SMILES string of the molecule is CSc1ccc(Oc2ccc(S(=O)(=O)NC(=O)OC(C)(C)C)cc2C(=O)C(C)C)cc1C. The van der Waals surface area contributed by atoms with Crippen LogP contribution in [0.25, 0.3) is 0 Å². The standard InChI is InChI=1S/C23H29NO6S2/c1-14(2)21(25)18-13-17(32(27,28)24-22(26)30-23(4,5)6)9-10-19(18)29-16-8-11-20(31-7)15(3)12-16/h8-14H,1-7H3,(H,24,26). The number of carbonyl (C=O) groups excluding carboxylic acids is 2. The largest absolute Gasteiger partial charge is 0.457 e. The summed E-state index contributed by atoms with van der Waals surface area (Å²) in [6.45, 7) is 10.2. The maximum Gasteiger partial charge on any atom is 0.421 e. The summed E-state index contributed by atoms with van der Waals surface area (Å²) in [6, 6.07) is 9.47. The molecule has 2 rings (SSSR count). The molecule has 0 bridgehead atoms. The molecule has 0 aliphatic rings. The second kappa shape index (κ2) is 9.95. The highest BCUT2D eigenvalue weighted by Crippen LogP contribution is 2.32. The second-order valence-electron chi connectivity index (χ2n) is 8.52. The molecule has 0 aliphatic carbocycles. The Labute approximate surface area is 193 Å². The zero-order chi connectivity index (χ0) is 24.3. The molecule has 0 heterocycles. The van der Waals surface area contributed by atoms with Crippen LogP contribution in [0.3, 0.4) is 0 Å². The number of hydrogen-bond donors (Lipinski definition) is 1. The van der Waals surface area contributed by atoms with Gasteiger partial charge in [-0.05, 0) is 75.9 Å². The molecular formula is C23H29NO6S2. The lowest BCUT2D eigenvalue weighted by atomic mass is 10.0. The number of Topliss-reactive ketones (excluding diaryl/α,β-unsaturated/α-hetero) is 1. The van der Waals surface area contributed by atoms with E-state index in [4.69, 9.17) is 9.47 Å². The van der Waals surface area contributed by atoms with Crippen molar-refractivity contribution < 1.29 is 27.5 Å². The van der Waals surface area contributed by atoms with Gasteiger partial charge in [0.1, 0.15) is 17.1 Å². The summed E-state index contributed by atoms with van der Waals surface area (Å²) >= 11 is 1.61. The van der Waals surface area contributed by atoms with Crippen molar-refractivity contribution in [3.05, 3.63) is 47.5 Å². The van der Waals surface area contributed by atoms with Crippen molar-refractivity contribution in [2.75, 3.05) is 6.26 Å². The van der Waals surface area contributed by atoms with Gasteiger partial charge in [0, 0.05) is 10.8 Å². The summed E-state index contributed by atoms with van der Waals surface area (Å²) in [5, 5.41) is 0. The number of hydrogen-bond acceptors (Lipinski definition) is 7. The van der Waals surface area contributed by atoms with Crippen molar-refractivity contribution >= 4 is 33.7 Å². The highest BCUT2D eigenvalue weighted by Gasteiger charge is 2.26. The van der Waals surface area contributed by atoms with Crippen LogP contribution < -0.4 is 9.46 Å². The first-order valence-electron chi connectivity index (χ1n) is 10.00. The molecule has 7 nitrogen and oxygen atoms in total. The number of benzene rings is 2. The van der Waals surface area contributed by atoms with Gasteiger partial charge < -0.3 is 9.47 Å². The van der Waals surface area contributed by atoms with Crippen LogP contribution in [0.1, 0.15) is 50.5 Å². The van der Waals surface area contributed by atoms with E-state index in [9.17, 15) is 18.0 Å². The molecule has 32 heavy (non-hydrogen) atoms. The third-order valence-electron chi connectivity index (χ3n) is 4.26. The Kier molecular flexibility index (Phi) is 8.01. The van der Waals surface area contributed by atoms with Gasteiger partial charge in [-0.2, -0.15) is 0 Å². The quantitative estimate of drug-likeness (QED) is 0.410. The van der Waals surface area contributed by atoms with E-state index in [1.807, 2.05) is 30.0 Å². The number of carbonyl (C=O) groups is 2. The molecule has 174 valence electrons. The van der Waals surface area contributed by atoms with Crippen LogP contribution in [0.2, 0.25) is 0 Å². The lowest BCUT2D eigenvalue weighted by Gasteiger charge is -2.20. The van der Waals surface area contributed by atoms with E-state index in [-0.39, 0.29) is 22.0 Å². The minimum absolute atomic E-state index is 0.110. The van der Waals surface area contributed by atoms with E-state index in [1.54, 1.807) is 52.4 Å². The maximum atomic E-state index is 12.8. The van der Waals surface area contributed by atoms with Crippen LogP contribution in [-0.4, -0.2) is 32.2 Å². The van der Waals surface area contributed by atoms with E-state index < -0.39 is 27.6 Å². The van der Waals surface area contributed by atoms with Crippen LogP contribution in [0.4, 0.5) is 4.79 Å². The Balaban J connectivity index is 2.43. The van der Waals surface area contributed by atoms with E-state index in [2.05, 4.69) is 0 Å². The zero-order valence-electron chi connectivity index (χ0n) is 19.3. The Bertz CT molecular complexity index is 1120. The van der Waals surface area contributed by atoms with Crippen LogP contribution >= 0.6 is 11.8 Å². The second-order valence-corrected chi connectivity index (χ2v) is 11.0. The third-order valence-corrected chi connectivity index (χ3v) is 6.47. The first-order valence-corrected chi connectivity index (χ1v) is 12.7. The normalized spacial score (nSPS) is 11.9. The number of ketones is 1. The molecule has 0 unspecified atom stereocenters. The number of aryl methyl sites for hydroxylation is 1. The summed E-state index contributed by atoms with van der Waals surface area (Å²) in [4.78, 5) is 25.6. The summed E-state index contributed by atoms with van der Waals surface area (Å²) in [6.07, 6.45) is 0.881. The van der Waals surface area contributed by atoms with Crippen LogP contribution in [0.5, 0.6) is 11.5 Å². The predicted octanol–water partition coefficient (Wildman–Crippen LogP) is 5.56. The van der Waals surface area contributed by atoms with Crippen molar-refractivity contribution in [1.82, 2.24) is 4.72 Å². The highest BCUT2D eigenvalue weighted by molar-refractivity contribution is 7.98. The average Bonchev–Trinajstić information content (AvgIpc) is 2.65. The minimum Gasteiger partial charge on any atom is -0.457 e. The lowest BCUT2D eigenvalue weighted by Crippen LogP contribution is -2.36. The molecule has 0 aliphatic heterocycles. The molecule has 0 spiro atoms. The van der Waals surface area contributed by atoms with E-state index >= 15 is 0 Å². The third kappa shape index (κ3) is 6.74. The molecule has 9 heteroatoms. The molecule has 0 aromatic heterocycles. The van der Waals surface area contributed by atoms with Crippen LogP contribution in [-0.2, 0) is 14.8 Å². The lowest BCUT2D eigenvalue weighted by molar-refractivity contribution is 0.0570.